The van der Waals surface area contributed by atoms with Crippen molar-refractivity contribution in [3.8, 4) is 0 Å². The number of aryl methyl sites for hydroxylation is 2. The third-order valence-corrected chi connectivity index (χ3v) is 2.51. The van der Waals surface area contributed by atoms with E-state index in [1.807, 2.05) is 0 Å². The molecule has 0 atom stereocenters. The fraction of sp³-hybridized carbons (Fsp3) is 0.636. The van der Waals surface area contributed by atoms with E-state index in [-0.39, 0.29) is 0 Å². The van der Waals surface area contributed by atoms with Crippen LogP contribution in [-0.4, -0.2) is 16.7 Å². The van der Waals surface area contributed by atoms with Crippen LogP contribution < -0.4 is 5.32 Å². The van der Waals surface area contributed by atoms with Gasteiger partial charge in [-0.3, -0.25) is 0 Å². The Morgan fingerprint density at radius 1 is 1.36 bits per heavy atom. The Bertz CT molecular complexity index is 320. The number of nitrogens with one attached hydrogen (secondary N) is 1. The van der Waals surface area contributed by atoms with Crippen molar-refractivity contribution in [2.24, 2.45) is 5.92 Å². The van der Waals surface area contributed by atoms with Crippen LogP contribution in [0.15, 0.2) is 6.07 Å². The SMILES string of the molecule is CC(C)CNc1cc2c(nn1)CCC2. The van der Waals surface area contributed by atoms with Gasteiger partial charge < -0.3 is 5.32 Å². The first-order valence-electron chi connectivity index (χ1n) is 5.35. The van der Waals surface area contributed by atoms with Crippen molar-refractivity contribution in [2.75, 3.05) is 11.9 Å². The topological polar surface area (TPSA) is 37.8 Å². The molecule has 0 radical (unpaired) electrons. The van der Waals surface area contributed by atoms with E-state index in [0.717, 1.165) is 18.8 Å². The van der Waals surface area contributed by atoms with Gasteiger partial charge in [-0.25, -0.2) is 0 Å². The van der Waals surface area contributed by atoms with Crippen LogP contribution in [0.2, 0.25) is 0 Å². The summed E-state index contributed by atoms with van der Waals surface area (Å²) in [7, 11) is 0. The zero-order chi connectivity index (χ0) is 9.97. The monoisotopic (exact) mass is 191 g/mol. The summed E-state index contributed by atoms with van der Waals surface area (Å²) in [5, 5.41) is 11.7. The molecule has 1 aliphatic rings. The van der Waals surface area contributed by atoms with Crippen molar-refractivity contribution < 1.29 is 0 Å². The number of aromatic nitrogens is 2. The van der Waals surface area contributed by atoms with Crippen molar-refractivity contribution in [3.05, 3.63) is 17.3 Å². The second-order valence-corrected chi connectivity index (χ2v) is 4.33. The summed E-state index contributed by atoms with van der Waals surface area (Å²) in [6.45, 7) is 5.34. The van der Waals surface area contributed by atoms with Crippen LogP contribution in [0.5, 0.6) is 0 Å². The molecule has 0 bridgehead atoms. The van der Waals surface area contributed by atoms with Gasteiger partial charge in [-0.15, -0.1) is 5.10 Å². The summed E-state index contributed by atoms with van der Waals surface area (Å²) >= 11 is 0. The Hall–Kier alpha value is -1.12. The maximum absolute atomic E-state index is 4.22. The van der Waals surface area contributed by atoms with Gasteiger partial charge in [0.1, 0.15) is 5.82 Å². The number of hydrogen-bond acceptors (Lipinski definition) is 3. The van der Waals surface area contributed by atoms with E-state index in [0.29, 0.717) is 5.92 Å². The normalized spacial score (nSPS) is 14.5. The Morgan fingerprint density at radius 3 is 3.00 bits per heavy atom. The van der Waals surface area contributed by atoms with Gasteiger partial charge in [-0.2, -0.15) is 5.10 Å². The Labute approximate surface area is 84.9 Å². The number of fused-ring (bicyclic) bond motifs is 1. The predicted octanol–water partition coefficient (Wildman–Crippen LogP) is 2.03. The summed E-state index contributed by atoms with van der Waals surface area (Å²) in [4.78, 5) is 0. The highest BCUT2D eigenvalue weighted by molar-refractivity contribution is 5.39. The van der Waals surface area contributed by atoms with Gasteiger partial charge >= 0.3 is 0 Å². The largest absolute Gasteiger partial charge is 0.368 e. The van der Waals surface area contributed by atoms with Gasteiger partial charge in [-0.05, 0) is 36.8 Å². The summed E-state index contributed by atoms with van der Waals surface area (Å²) < 4.78 is 0. The fourth-order valence-electron chi connectivity index (χ4n) is 1.72. The zero-order valence-corrected chi connectivity index (χ0v) is 8.88. The standard InChI is InChI=1S/C11H17N3/c1-8(2)7-12-11-6-9-4-3-5-10(9)13-14-11/h6,8H,3-5,7H2,1-2H3,(H,12,14). The van der Waals surface area contributed by atoms with Gasteiger partial charge in [0.2, 0.25) is 0 Å². The quantitative estimate of drug-likeness (QED) is 0.794. The van der Waals surface area contributed by atoms with Crippen molar-refractivity contribution in [1.82, 2.24) is 10.2 Å². The van der Waals surface area contributed by atoms with Crippen LogP contribution in [0.1, 0.15) is 31.5 Å². The van der Waals surface area contributed by atoms with Crippen molar-refractivity contribution in [3.63, 3.8) is 0 Å². The lowest BCUT2D eigenvalue weighted by Crippen LogP contribution is -2.10. The minimum atomic E-state index is 0.644. The predicted molar refractivity (Wildman–Crippen MR) is 57.4 cm³/mol. The molecule has 0 fully saturated rings. The van der Waals surface area contributed by atoms with Gasteiger partial charge in [0.15, 0.2) is 0 Å². The van der Waals surface area contributed by atoms with Gasteiger partial charge in [0, 0.05) is 6.54 Å². The molecular weight excluding hydrogens is 174 g/mol. The van der Waals surface area contributed by atoms with Gasteiger partial charge in [-0.1, -0.05) is 13.8 Å². The lowest BCUT2D eigenvalue weighted by molar-refractivity contribution is 0.685. The summed E-state index contributed by atoms with van der Waals surface area (Å²) in [5.41, 5.74) is 2.58. The Morgan fingerprint density at radius 2 is 2.21 bits per heavy atom. The molecule has 1 heterocycles. The minimum absolute atomic E-state index is 0.644. The van der Waals surface area contributed by atoms with Crippen LogP contribution >= 0.6 is 0 Å². The van der Waals surface area contributed by atoms with E-state index in [1.54, 1.807) is 0 Å². The Balaban J connectivity index is 2.05. The molecule has 76 valence electrons. The molecule has 1 aliphatic carbocycles. The maximum atomic E-state index is 4.22. The third kappa shape index (κ3) is 2.03. The van der Waals surface area contributed by atoms with Crippen LogP contribution in [0, 0.1) is 5.92 Å². The molecule has 2 rings (SSSR count). The van der Waals surface area contributed by atoms with E-state index in [9.17, 15) is 0 Å². The highest BCUT2D eigenvalue weighted by Crippen LogP contribution is 2.20. The number of rotatable bonds is 3. The van der Waals surface area contributed by atoms with Crippen molar-refractivity contribution >= 4 is 5.82 Å². The number of hydrogen-bond donors (Lipinski definition) is 1. The molecule has 0 unspecified atom stereocenters. The fourth-order valence-corrected chi connectivity index (χ4v) is 1.72. The molecule has 0 saturated carbocycles. The van der Waals surface area contributed by atoms with Crippen LogP contribution in [0.3, 0.4) is 0 Å². The maximum Gasteiger partial charge on any atom is 0.148 e. The van der Waals surface area contributed by atoms with Crippen molar-refractivity contribution in [1.29, 1.82) is 0 Å². The van der Waals surface area contributed by atoms with Crippen LogP contribution in [-0.2, 0) is 12.8 Å². The molecule has 0 saturated heterocycles. The molecule has 3 heteroatoms. The van der Waals surface area contributed by atoms with E-state index in [4.69, 9.17) is 0 Å². The highest BCUT2D eigenvalue weighted by Gasteiger charge is 2.13. The van der Waals surface area contributed by atoms with Gasteiger partial charge in [0.25, 0.3) is 0 Å². The molecule has 0 aliphatic heterocycles. The average molecular weight is 191 g/mol. The smallest absolute Gasteiger partial charge is 0.148 e. The lowest BCUT2D eigenvalue weighted by Gasteiger charge is -2.08. The van der Waals surface area contributed by atoms with Crippen LogP contribution in [0.4, 0.5) is 5.82 Å². The second-order valence-electron chi connectivity index (χ2n) is 4.33. The van der Waals surface area contributed by atoms with Gasteiger partial charge in [0.05, 0.1) is 5.69 Å². The first-order chi connectivity index (χ1) is 6.75. The lowest BCUT2D eigenvalue weighted by atomic mass is 10.2. The van der Waals surface area contributed by atoms with Crippen LogP contribution in [0.25, 0.3) is 0 Å². The molecule has 0 spiro atoms. The minimum Gasteiger partial charge on any atom is -0.368 e. The number of anilines is 1. The summed E-state index contributed by atoms with van der Waals surface area (Å²) in [6.07, 6.45) is 3.51. The van der Waals surface area contributed by atoms with E-state index in [2.05, 4.69) is 35.4 Å². The summed E-state index contributed by atoms with van der Waals surface area (Å²) in [6, 6.07) is 2.15. The van der Waals surface area contributed by atoms with E-state index < -0.39 is 0 Å². The molecule has 14 heavy (non-hydrogen) atoms. The molecule has 1 aromatic rings. The zero-order valence-electron chi connectivity index (χ0n) is 8.88. The number of nitrogens with zero attached hydrogens (tertiary/aromatic N) is 2. The average Bonchev–Trinajstić information content (AvgIpc) is 2.61. The molecule has 1 aromatic heterocycles. The third-order valence-electron chi connectivity index (χ3n) is 2.51. The summed E-state index contributed by atoms with van der Waals surface area (Å²) in [5.74, 6) is 1.57. The van der Waals surface area contributed by atoms with E-state index >= 15 is 0 Å². The second kappa shape index (κ2) is 3.95. The molecule has 1 N–H and O–H groups in total. The highest BCUT2D eigenvalue weighted by atomic mass is 15.2. The Kier molecular flexibility index (Phi) is 2.66. The van der Waals surface area contributed by atoms with Crippen molar-refractivity contribution in [2.45, 2.75) is 33.1 Å². The molecule has 3 nitrogen and oxygen atoms in total. The molecule has 0 aromatic carbocycles. The molecular formula is C11H17N3. The first-order valence-corrected chi connectivity index (χ1v) is 5.35. The molecule has 0 amide bonds. The van der Waals surface area contributed by atoms with E-state index in [1.165, 1.54) is 24.1 Å². The first kappa shape index (κ1) is 9.44.